The van der Waals surface area contributed by atoms with Crippen LogP contribution in [-0.4, -0.2) is 40.4 Å². The van der Waals surface area contributed by atoms with Crippen LogP contribution in [-0.2, 0) is 4.79 Å². The van der Waals surface area contributed by atoms with Gasteiger partial charge in [-0.15, -0.1) is 11.8 Å². The van der Waals surface area contributed by atoms with Crippen molar-refractivity contribution in [2.45, 2.75) is 62.8 Å². The highest BCUT2D eigenvalue weighted by atomic mass is 32.2. The Balaban J connectivity index is 1.92. The second-order valence-electron chi connectivity index (χ2n) is 5.19. The number of nitrogens with zero attached hydrogens (tertiary/aromatic N) is 1. The molecule has 1 aliphatic carbocycles. The number of hydrogen-bond donors (Lipinski definition) is 1. The number of amides is 1. The van der Waals surface area contributed by atoms with Crippen LogP contribution in [0.1, 0.15) is 45.4 Å². The van der Waals surface area contributed by atoms with Crippen molar-refractivity contribution >= 4 is 17.7 Å². The molecule has 0 aromatic carbocycles. The molecule has 2 rings (SSSR count). The fraction of sp³-hybridized carbons (Fsp3) is 0.923. The van der Waals surface area contributed by atoms with E-state index in [9.17, 15) is 4.79 Å². The lowest BCUT2D eigenvalue weighted by Gasteiger charge is -2.36. The Labute approximate surface area is 108 Å². The minimum Gasteiger partial charge on any atom is -0.339 e. The molecule has 1 saturated carbocycles. The van der Waals surface area contributed by atoms with Gasteiger partial charge in [0.05, 0.1) is 5.25 Å². The maximum absolute atomic E-state index is 12.4. The molecule has 1 saturated heterocycles. The van der Waals surface area contributed by atoms with E-state index in [-0.39, 0.29) is 5.25 Å². The van der Waals surface area contributed by atoms with Crippen molar-refractivity contribution in [3.8, 4) is 0 Å². The van der Waals surface area contributed by atoms with Crippen LogP contribution in [0.5, 0.6) is 0 Å². The molecule has 1 unspecified atom stereocenters. The van der Waals surface area contributed by atoms with Gasteiger partial charge in [0, 0.05) is 18.6 Å². The lowest BCUT2D eigenvalue weighted by atomic mass is 9.90. The Morgan fingerprint density at radius 3 is 2.53 bits per heavy atom. The first-order valence-electron chi connectivity index (χ1n) is 6.90. The summed E-state index contributed by atoms with van der Waals surface area (Å²) in [5.74, 6) is 1.54. The number of nitrogens with two attached hydrogens (primary N) is 1. The topological polar surface area (TPSA) is 46.3 Å². The quantitative estimate of drug-likeness (QED) is 0.840. The van der Waals surface area contributed by atoms with Crippen LogP contribution in [0.25, 0.3) is 0 Å². The molecule has 17 heavy (non-hydrogen) atoms. The van der Waals surface area contributed by atoms with Crippen LogP contribution < -0.4 is 5.73 Å². The smallest absolute Gasteiger partial charge is 0.235 e. The zero-order valence-corrected chi connectivity index (χ0v) is 11.5. The fourth-order valence-electron chi connectivity index (χ4n) is 2.96. The lowest BCUT2D eigenvalue weighted by molar-refractivity contribution is -0.133. The van der Waals surface area contributed by atoms with E-state index in [2.05, 4.69) is 11.8 Å². The molecule has 1 heterocycles. The summed E-state index contributed by atoms with van der Waals surface area (Å²) in [6, 6.07) is 0.814. The Morgan fingerprint density at radius 2 is 2.00 bits per heavy atom. The molecule has 0 bridgehead atoms. The maximum Gasteiger partial charge on any atom is 0.235 e. The Bertz CT molecular complexity index is 258. The van der Waals surface area contributed by atoms with Gasteiger partial charge in [0.15, 0.2) is 0 Å². The third kappa shape index (κ3) is 3.16. The average molecular weight is 256 g/mol. The first-order chi connectivity index (χ1) is 8.22. The Morgan fingerprint density at radius 1 is 1.29 bits per heavy atom. The second kappa shape index (κ2) is 6.10. The molecule has 0 aromatic rings. The van der Waals surface area contributed by atoms with Crippen molar-refractivity contribution in [3.63, 3.8) is 0 Å². The molecule has 3 nitrogen and oxygen atoms in total. The standard InChI is InChI=1S/C13H24N2OS/c1-2-15(11-7-5-10(14)6-8-11)13(16)12-4-3-9-17-12/h10-12H,2-9,14H2,1H3. The number of hydrogen-bond acceptors (Lipinski definition) is 3. The van der Waals surface area contributed by atoms with Crippen molar-refractivity contribution in [3.05, 3.63) is 0 Å². The van der Waals surface area contributed by atoms with Crippen molar-refractivity contribution < 1.29 is 4.79 Å². The number of carbonyl (C=O) groups is 1. The molecule has 1 atom stereocenters. The Kier molecular flexibility index (Phi) is 4.74. The zero-order chi connectivity index (χ0) is 12.3. The van der Waals surface area contributed by atoms with Crippen LogP contribution in [0.2, 0.25) is 0 Å². The SMILES string of the molecule is CCN(C(=O)C1CCCS1)C1CCC(N)CC1. The molecule has 1 amide bonds. The van der Waals surface area contributed by atoms with Crippen LogP contribution in [0.15, 0.2) is 0 Å². The minimum absolute atomic E-state index is 0.241. The van der Waals surface area contributed by atoms with E-state index in [0.29, 0.717) is 18.0 Å². The number of rotatable bonds is 3. The first-order valence-corrected chi connectivity index (χ1v) is 7.95. The number of thioether (sulfide) groups is 1. The number of carbonyl (C=O) groups excluding carboxylic acids is 1. The van der Waals surface area contributed by atoms with Crippen molar-refractivity contribution in [2.24, 2.45) is 5.73 Å². The van der Waals surface area contributed by atoms with Gasteiger partial charge in [0.1, 0.15) is 0 Å². The summed E-state index contributed by atoms with van der Waals surface area (Å²) < 4.78 is 0. The lowest BCUT2D eigenvalue weighted by Crippen LogP contribution is -2.46. The fourth-order valence-corrected chi connectivity index (χ4v) is 4.19. The van der Waals surface area contributed by atoms with E-state index in [1.807, 2.05) is 11.8 Å². The van der Waals surface area contributed by atoms with E-state index in [1.54, 1.807) is 0 Å². The summed E-state index contributed by atoms with van der Waals surface area (Å²) >= 11 is 1.84. The molecule has 0 radical (unpaired) electrons. The molecule has 2 fully saturated rings. The summed E-state index contributed by atoms with van der Waals surface area (Å²) in [5.41, 5.74) is 5.93. The van der Waals surface area contributed by atoms with Gasteiger partial charge in [-0.1, -0.05) is 0 Å². The average Bonchev–Trinajstić information content (AvgIpc) is 2.86. The van der Waals surface area contributed by atoms with Crippen LogP contribution in [0.4, 0.5) is 0 Å². The predicted molar refractivity (Wildman–Crippen MR) is 73.1 cm³/mol. The zero-order valence-electron chi connectivity index (χ0n) is 10.7. The maximum atomic E-state index is 12.4. The summed E-state index contributed by atoms with van der Waals surface area (Å²) in [6.45, 7) is 2.96. The normalized spacial score (nSPS) is 33.6. The minimum atomic E-state index is 0.241. The molecule has 0 aromatic heterocycles. The first kappa shape index (κ1) is 13.2. The third-order valence-electron chi connectivity index (χ3n) is 4.01. The third-order valence-corrected chi connectivity index (χ3v) is 5.38. The predicted octanol–water partition coefficient (Wildman–Crippen LogP) is 2.00. The van der Waals surface area contributed by atoms with Crippen molar-refractivity contribution in [2.75, 3.05) is 12.3 Å². The van der Waals surface area contributed by atoms with Crippen molar-refractivity contribution in [1.82, 2.24) is 4.90 Å². The van der Waals surface area contributed by atoms with Gasteiger partial charge < -0.3 is 10.6 Å². The van der Waals surface area contributed by atoms with Gasteiger partial charge in [-0.3, -0.25) is 4.79 Å². The molecular weight excluding hydrogens is 232 g/mol. The van der Waals surface area contributed by atoms with E-state index >= 15 is 0 Å². The molecule has 1 aliphatic heterocycles. The molecule has 2 aliphatic rings. The monoisotopic (exact) mass is 256 g/mol. The van der Waals surface area contributed by atoms with Crippen LogP contribution in [0.3, 0.4) is 0 Å². The summed E-state index contributed by atoms with van der Waals surface area (Å²) in [6.07, 6.45) is 6.62. The second-order valence-corrected chi connectivity index (χ2v) is 6.51. The van der Waals surface area contributed by atoms with Crippen LogP contribution in [0, 0.1) is 0 Å². The molecule has 98 valence electrons. The van der Waals surface area contributed by atoms with Crippen molar-refractivity contribution in [1.29, 1.82) is 0 Å². The Hall–Kier alpha value is -0.220. The van der Waals surface area contributed by atoms with Gasteiger partial charge in [-0.25, -0.2) is 0 Å². The van der Waals surface area contributed by atoms with Gasteiger partial charge in [-0.05, 0) is 51.2 Å². The van der Waals surface area contributed by atoms with E-state index < -0.39 is 0 Å². The summed E-state index contributed by atoms with van der Waals surface area (Å²) in [4.78, 5) is 14.6. The largest absolute Gasteiger partial charge is 0.339 e. The summed E-state index contributed by atoms with van der Waals surface area (Å²) in [7, 11) is 0. The highest BCUT2D eigenvalue weighted by molar-refractivity contribution is 8.00. The van der Waals surface area contributed by atoms with Gasteiger partial charge in [0.2, 0.25) is 5.91 Å². The summed E-state index contributed by atoms with van der Waals surface area (Å²) in [5, 5.41) is 0.241. The molecule has 0 spiro atoms. The molecular formula is C13H24N2OS. The highest BCUT2D eigenvalue weighted by Crippen LogP contribution is 2.30. The van der Waals surface area contributed by atoms with E-state index in [4.69, 9.17) is 5.73 Å². The highest BCUT2D eigenvalue weighted by Gasteiger charge is 2.32. The molecule has 4 heteroatoms. The van der Waals surface area contributed by atoms with Gasteiger partial charge in [0.25, 0.3) is 0 Å². The van der Waals surface area contributed by atoms with E-state index in [0.717, 1.165) is 44.4 Å². The van der Waals surface area contributed by atoms with Gasteiger partial charge >= 0.3 is 0 Å². The van der Waals surface area contributed by atoms with Crippen LogP contribution >= 0.6 is 11.8 Å². The molecule has 2 N–H and O–H groups in total. The van der Waals surface area contributed by atoms with Gasteiger partial charge in [-0.2, -0.15) is 0 Å². The van der Waals surface area contributed by atoms with E-state index in [1.165, 1.54) is 6.42 Å².